The van der Waals surface area contributed by atoms with Crippen LogP contribution in [0, 0.1) is 0 Å². The van der Waals surface area contributed by atoms with Gasteiger partial charge in [0, 0.05) is 5.39 Å². The summed E-state index contributed by atoms with van der Waals surface area (Å²) in [5.74, 6) is -0.609. The van der Waals surface area contributed by atoms with Crippen molar-refractivity contribution in [2.45, 2.75) is 19.4 Å². The SMILES string of the molecule is CCC(Nc1ncnc2ccccc12)C(=O)[O-]. The fourth-order valence-electron chi connectivity index (χ4n) is 1.61. The highest BCUT2D eigenvalue weighted by Crippen LogP contribution is 2.19. The molecule has 1 N–H and O–H groups in total. The van der Waals surface area contributed by atoms with E-state index in [0.29, 0.717) is 12.2 Å². The molecule has 0 spiro atoms. The number of fused-ring (bicyclic) bond motifs is 1. The molecule has 0 fully saturated rings. The molecule has 1 atom stereocenters. The molecule has 0 aliphatic rings. The molecule has 0 bridgehead atoms. The molecule has 5 nitrogen and oxygen atoms in total. The molecule has 1 aromatic carbocycles. The highest BCUT2D eigenvalue weighted by molar-refractivity contribution is 5.90. The van der Waals surface area contributed by atoms with E-state index in [1.807, 2.05) is 24.3 Å². The van der Waals surface area contributed by atoms with E-state index in [0.717, 1.165) is 10.9 Å². The summed E-state index contributed by atoms with van der Waals surface area (Å²) in [4.78, 5) is 19.0. The van der Waals surface area contributed by atoms with Gasteiger partial charge in [-0.15, -0.1) is 0 Å². The van der Waals surface area contributed by atoms with Crippen LogP contribution < -0.4 is 10.4 Å². The molecule has 2 rings (SSSR count). The summed E-state index contributed by atoms with van der Waals surface area (Å²) in [6, 6.07) is 6.68. The maximum Gasteiger partial charge on any atom is 0.137 e. The monoisotopic (exact) mass is 230 g/mol. The van der Waals surface area contributed by atoms with Crippen molar-refractivity contribution in [3.05, 3.63) is 30.6 Å². The summed E-state index contributed by atoms with van der Waals surface area (Å²) in [5.41, 5.74) is 0.776. The Labute approximate surface area is 98.5 Å². The lowest BCUT2D eigenvalue weighted by molar-refractivity contribution is -0.306. The number of anilines is 1. The normalized spacial score (nSPS) is 12.3. The third-order valence-corrected chi connectivity index (χ3v) is 2.55. The van der Waals surface area contributed by atoms with E-state index >= 15 is 0 Å². The highest BCUT2D eigenvalue weighted by Gasteiger charge is 2.10. The van der Waals surface area contributed by atoms with Crippen molar-refractivity contribution < 1.29 is 9.90 Å². The second-order valence-electron chi connectivity index (χ2n) is 3.66. The number of para-hydroxylation sites is 1. The van der Waals surface area contributed by atoms with Gasteiger partial charge in [0.2, 0.25) is 0 Å². The van der Waals surface area contributed by atoms with Crippen LogP contribution >= 0.6 is 0 Å². The van der Waals surface area contributed by atoms with Gasteiger partial charge in [0.1, 0.15) is 12.1 Å². The number of carboxylic acids is 1. The Morgan fingerprint density at radius 1 is 1.41 bits per heavy atom. The molecular formula is C12H12N3O2-. The van der Waals surface area contributed by atoms with E-state index in [9.17, 15) is 9.90 Å². The predicted octanol–water partition coefficient (Wildman–Crippen LogP) is 0.570. The van der Waals surface area contributed by atoms with Crippen molar-refractivity contribution in [1.29, 1.82) is 0 Å². The number of aliphatic carboxylic acids is 1. The van der Waals surface area contributed by atoms with Gasteiger partial charge >= 0.3 is 0 Å². The maximum atomic E-state index is 10.9. The molecule has 2 aromatic rings. The van der Waals surface area contributed by atoms with Crippen LogP contribution in [0.2, 0.25) is 0 Å². The van der Waals surface area contributed by atoms with Crippen LogP contribution in [-0.4, -0.2) is 22.0 Å². The lowest BCUT2D eigenvalue weighted by Crippen LogP contribution is -2.40. The standard InChI is InChI=1S/C12H13N3O2/c1-2-9(12(16)17)15-11-8-5-3-4-6-10(8)13-7-14-11/h3-7,9H,2H2,1H3,(H,16,17)(H,13,14,15)/p-1. The molecule has 0 aliphatic carbocycles. The largest absolute Gasteiger partial charge is 0.548 e. The summed E-state index contributed by atoms with van der Waals surface area (Å²) in [6.07, 6.45) is 1.84. The van der Waals surface area contributed by atoms with Gasteiger partial charge in [-0.2, -0.15) is 0 Å². The van der Waals surface area contributed by atoms with Crippen molar-refractivity contribution in [3.63, 3.8) is 0 Å². The molecule has 17 heavy (non-hydrogen) atoms. The molecule has 0 radical (unpaired) electrons. The number of carboxylic acid groups (broad SMARTS) is 1. The van der Waals surface area contributed by atoms with Gasteiger partial charge in [-0.05, 0) is 18.6 Å². The molecule has 1 unspecified atom stereocenters. The smallest absolute Gasteiger partial charge is 0.137 e. The molecule has 1 heterocycles. The van der Waals surface area contributed by atoms with Crippen molar-refractivity contribution >= 4 is 22.7 Å². The Balaban J connectivity index is 2.38. The lowest BCUT2D eigenvalue weighted by Gasteiger charge is -2.19. The topological polar surface area (TPSA) is 77.9 Å². The second kappa shape index (κ2) is 4.78. The van der Waals surface area contributed by atoms with Gasteiger partial charge in [-0.1, -0.05) is 19.1 Å². The number of hydrogen-bond donors (Lipinski definition) is 1. The van der Waals surface area contributed by atoms with Crippen LogP contribution in [-0.2, 0) is 4.79 Å². The third kappa shape index (κ3) is 2.33. The first kappa shape index (κ1) is 11.3. The molecule has 88 valence electrons. The summed E-state index contributed by atoms with van der Waals surface area (Å²) in [7, 11) is 0. The Morgan fingerprint density at radius 3 is 2.88 bits per heavy atom. The zero-order chi connectivity index (χ0) is 12.3. The van der Waals surface area contributed by atoms with Crippen LogP contribution in [0.5, 0.6) is 0 Å². The predicted molar refractivity (Wildman–Crippen MR) is 62.2 cm³/mol. The first-order chi connectivity index (χ1) is 8.22. The summed E-state index contributed by atoms with van der Waals surface area (Å²) >= 11 is 0. The van der Waals surface area contributed by atoms with Crippen molar-refractivity contribution in [1.82, 2.24) is 9.97 Å². The molecule has 0 saturated carbocycles. The van der Waals surface area contributed by atoms with Crippen LogP contribution in [0.3, 0.4) is 0 Å². The van der Waals surface area contributed by atoms with Crippen LogP contribution in [0.15, 0.2) is 30.6 Å². The molecule has 1 aromatic heterocycles. The lowest BCUT2D eigenvalue weighted by atomic mass is 10.2. The van der Waals surface area contributed by atoms with Crippen LogP contribution in [0.25, 0.3) is 10.9 Å². The minimum absolute atomic E-state index is 0.431. The highest BCUT2D eigenvalue weighted by atomic mass is 16.4. The first-order valence-corrected chi connectivity index (χ1v) is 5.39. The number of aromatic nitrogens is 2. The molecule has 5 heteroatoms. The van der Waals surface area contributed by atoms with Crippen molar-refractivity contribution in [2.75, 3.05) is 5.32 Å². The third-order valence-electron chi connectivity index (χ3n) is 2.55. The van der Waals surface area contributed by atoms with Gasteiger partial charge in [0.15, 0.2) is 0 Å². The van der Waals surface area contributed by atoms with Gasteiger partial charge in [0.05, 0.1) is 17.5 Å². The Bertz CT molecular complexity index is 537. The number of rotatable bonds is 4. The minimum atomic E-state index is -1.13. The quantitative estimate of drug-likeness (QED) is 0.830. The minimum Gasteiger partial charge on any atom is -0.548 e. The average molecular weight is 230 g/mol. The van der Waals surface area contributed by atoms with Gasteiger partial charge in [-0.25, -0.2) is 9.97 Å². The van der Waals surface area contributed by atoms with E-state index in [1.165, 1.54) is 6.33 Å². The average Bonchev–Trinajstić information content (AvgIpc) is 2.35. The fraction of sp³-hybridized carbons (Fsp3) is 0.250. The Morgan fingerprint density at radius 2 is 2.18 bits per heavy atom. The number of nitrogens with zero attached hydrogens (tertiary/aromatic N) is 2. The van der Waals surface area contributed by atoms with E-state index in [-0.39, 0.29) is 0 Å². The maximum absolute atomic E-state index is 10.9. The van der Waals surface area contributed by atoms with Crippen LogP contribution in [0.1, 0.15) is 13.3 Å². The number of carbonyl (C=O) groups excluding carboxylic acids is 1. The number of benzene rings is 1. The second-order valence-corrected chi connectivity index (χ2v) is 3.66. The zero-order valence-corrected chi connectivity index (χ0v) is 9.38. The molecule has 0 amide bonds. The number of nitrogens with one attached hydrogen (secondary N) is 1. The fourth-order valence-corrected chi connectivity index (χ4v) is 1.61. The number of hydrogen-bond acceptors (Lipinski definition) is 5. The van der Waals surface area contributed by atoms with Gasteiger partial charge < -0.3 is 15.2 Å². The van der Waals surface area contributed by atoms with Crippen LogP contribution in [0.4, 0.5) is 5.82 Å². The molecular weight excluding hydrogens is 218 g/mol. The summed E-state index contributed by atoms with van der Waals surface area (Å²) in [5, 5.41) is 14.5. The zero-order valence-electron chi connectivity index (χ0n) is 9.38. The van der Waals surface area contributed by atoms with Gasteiger partial charge in [0.25, 0.3) is 0 Å². The Hall–Kier alpha value is -2.17. The van der Waals surface area contributed by atoms with Gasteiger partial charge in [-0.3, -0.25) is 0 Å². The van der Waals surface area contributed by atoms with Crippen molar-refractivity contribution in [2.24, 2.45) is 0 Å². The van der Waals surface area contributed by atoms with E-state index in [4.69, 9.17) is 0 Å². The van der Waals surface area contributed by atoms with E-state index in [2.05, 4.69) is 15.3 Å². The summed E-state index contributed by atoms with van der Waals surface area (Å²) in [6.45, 7) is 1.77. The Kier molecular flexibility index (Phi) is 3.18. The van der Waals surface area contributed by atoms with E-state index in [1.54, 1.807) is 6.92 Å². The number of carbonyl (C=O) groups is 1. The van der Waals surface area contributed by atoms with Crippen molar-refractivity contribution in [3.8, 4) is 0 Å². The molecule has 0 saturated heterocycles. The first-order valence-electron chi connectivity index (χ1n) is 5.39. The molecule has 0 aliphatic heterocycles. The van der Waals surface area contributed by atoms with E-state index < -0.39 is 12.0 Å². The summed E-state index contributed by atoms with van der Waals surface area (Å²) < 4.78 is 0.